The molecule has 1 saturated carbocycles. The molecule has 7 heteroatoms. The largest absolute Gasteiger partial charge is 0.382 e. The maximum atomic E-state index is 12.8. The first kappa shape index (κ1) is 20.7. The average molecular weight is 404 g/mol. The van der Waals surface area contributed by atoms with Crippen molar-refractivity contribution in [3.63, 3.8) is 0 Å². The molecule has 0 bridgehead atoms. The van der Waals surface area contributed by atoms with Gasteiger partial charge in [0.15, 0.2) is 4.77 Å². The third-order valence-electron chi connectivity index (χ3n) is 5.31. The lowest BCUT2D eigenvalue weighted by molar-refractivity contribution is 0.0933. The number of ether oxygens (including phenoxy) is 1. The van der Waals surface area contributed by atoms with Crippen LogP contribution in [-0.4, -0.2) is 34.7 Å². The molecule has 2 aromatic rings. The van der Waals surface area contributed by atoms with Gasteiger partial charge in [-0.05, 0) is 56.6 Å². The minimum atomic E-state index is -0.133. The van der Waals surface area contributed by atoms with Gasteiger partial charge in [0.1, 0.15) is 0 Å². The van der Waals surface area contributed by atoms with Crippen LogP contribution in [0, 0.1) is 4.77 Å². The molecule has 1 amide bonds. The normalized spacial score (nSPS) is 15.5. The molecule has 1 aliphatic carbocycles. The number of carbonyl (C=O) groups is 1. The highest BCUT2D eigenvalue weighted by Crippen LogP contribution is 2.18. The van der Waals surface area contributed by atoms with E-state index in [9.17, 15) is 9.59 Å². The lowest BCUT2D eigenvalue weighted by Crippen LogP contribution is -2.34. The molecule has 1 aromatic carbocycles. The summed E-state index contributed by atoms with van der Waals surface area (Å²) >= 11 is 5.37. The number of hydrogen-bond donors (Lipinski definition) is 2. The van der Waals surface area contributed by atoms with Gasteiger partial charge in [-0.3, -0.25) is 14.2 Å². The van der Waals surface area contributed by atoms with Gasteiger partial charge in [-0.1, -0.05) is 25.7 Å². The molecule has 0 aliphatic heterocycles. The Morgan fingerprint density at radius 2 is 2.04 bits per heavy atom. The van der Waals surface area contributed by atoms with E-state index in [1.54, 1.807) is 22.8 Å². The maximum absolute atomic E-state index is 12.8. The van der Waals surface area contributed by atoms with Crippen LogP contribution in [0.5, 0.6) is 0 Å². The number of rotatable bonds is 7. The predicted molar refractivity (Wildman–Crippen MR) is 113 cm³/mol. The molecule has 2 N–H and O–H groups in total. The second kappa shape index (κ2) is 9.98. The van der Waals surface area contributed by atoms with E-state index < -0.39 is 0 Å². The molecule has 152 valence electrons. The van der Waals surface area contributed by atoms with Crippen molar-refractivity contribution in [1.29, 1.82) is 0 Å². The van der Waals surface area contributed by atoms with Gasteiger partial charge in [0, 0.05) is 31.4 Å². The Bertz CT molecular complexity index is 927. The minimum Gasteiger partial charge on any atom is -0.382 e. The van der Waals surface area contributed by atoms with Crippen LogP contribution in [0.4, 0.5) is 0 Å². The van der Waals surface area contributed by atoms with E-state index in [0.29, 0.717) is 41.0 Å². The number of aromatic nitrogens is 2. The Balaban J connectivity index is 1.78. The second-order valence-electron chi connectivity index (χ2n) is 7.36. The number of fused-ring (bicyclic) bond motifs is 1. The smallest absolute Gasteiger partial charge is 0.262 e. The molecule has 0 radical (unpaired) electrons. The van der Waals surface area contributed by atoms with Crippen LogP contribution in [0.2, 0.25) is 0 Å². The van der Waals surface area contributed by atoms with Crippen molar-refractivity contribution in [2.75, 3.05) is 13.2 Å². The van der Waals surface area contributed by atoms with E-state index in [4.69, 9.17) is 17.0 Å². The number of carbonyl (C=O) groups excluding carboxylic acids is 1. The molecule has 0 saturated heterocycles. The summed E-state index contributed by atoms with van der Waals surface area (Å²) < 4.78 is 7.26. The summed E-state index contributed by atoms with van der Waals surface area (Å²) in [5.41, 5.74) is 1.02. The van der Waals surface area contributed by atoms with Crippen LogP contribution in [-0.2, 0) is 11.3 Å². The van der Waals surface area contributed by atoms with Gasteiger partial charge in [0.2, 0.25) is 0 Å². The van der Waals surface area contributed by atoms with E-state index in [0.717, 1.165) is 19.3 Å². The van der Waals surface area contributed by atoms with Crippen LogP contribution in [0.25, 0.3) is 10.9 Å². The van der Waals surface area contributed by atoms with Crippen molar-refractivity contribution < 1.29 is 9.53 Å². The van der Waals surface area contributed by atoms with Gasteiger partial charge >= 0.3 is 0 Å². The maximum Gasteiger partial charge on any atom is 0.262 e. The highest BCUT2D eigenvalue weighted by atomic mass is 32.1. The van der Waals surface area contributed by atoms with Gasteiger partial charge in [-0.15, -0.1) is 0 Å². The zero-order valence-corrected chi connectivity index (χ0v) is 17.3. The van der Waals surface area contributed by atoms with Crippen LogP contribution in [0.1, 0.15) is 62.2 Å². The number of amides is 1. The van der Waals surface area contributed by atoms with Crippen molar-refractivity contribution in [1.82, 2.24) is 14.9 Å². The van der Waals surface area contributed by atoms with Crippen LogP contribution >= 0.6 is 12.2 Å². The third-order valence-corrected chi connectivity index (χ3v) is 5.63. The van der Waals surface area contributed by atoms with Gasteiger partial charge < -0.3 is 15.0 Å². The molecule has 0 unspecified atom stereocenters. The molecular formula is C21H29N3O3S. The lowest BCUT2D eigenvalue weighted by Gasteiger charge is -2.16. The average Bonchev–Trinajstić information content (AvgIpc) is 2.95. The summed E-state index contributed by atoms with van der Waals surface area (Å²) in [5.74, 6) is -0.0889. The fourth-order valence-corrected chi connectivity index (χ4v) is 4.04. The van der Waals surface area contributed by atoms with Crippen molar-refractivity contribution in [2.45, 2.75) is 64.5 Å². The van der Waals surface area contributed by atoms with Crippen molar-refractivity contribution in [3.8, 4) is 0 Å². The molecule has 0 atom stereocenters. The SMILES string of the molecule is CCOCCCn1c(=S)[nH]c2cc(C(=O)NC3CCCCCC3)ccc2c1=O. The molecular weight excluding hydrogens is 374 g/mol. The molecule has 3 rings (SSSR count). The van der Waals surface area contributed by atoms with Crippen LogP contribution in [0.3, 0.4) is 0 Å². The third kappa shape index (κ3) is 5.08. The quantitative estimate of drug-likeness (QED) is 0.417. The van der Waals surface area contributed by atoms with Crippen molar-refractivity contribution in [3.05, 3.63) is 38.9 Å². The van der Waals surface area contributed by atoms with E-state index >= 15 is 0 Å². The number of nitrogens with zero attached hydrogens (tertiary/aromatic N) is 1. The molecule has 0 spiro atoms. The summed E-state index contributed by atoms with van der Waals surface area (Å²) in [7, 11) is 0. The standard InChI is InChI=1S/C21H29N3O3S/c1-2-27-13-7-12-24-20(26)17-11-10-15(14-18(17)23-21(24)28)19(25)22-16-8-5-3-4-6-9-16/h10-11,14,16H,2-9,12-13H2,1H3,(H,22,25)(H,23,28). The number of aromatic amines is 1. The molecule has 1 heterocycles. The Morgan fingerprint density at radius 1 is 1.29 bits per heavy atom. The van der Waals surface area contributed by atoms with Gasteiger partial charge in [0.05, 0.1) is 10.9 Å². The first-order valence-electron chi connectivity index (χ1n) is 10.3. The predicted octanol–water partition coefficient (Wildman–Crippen LogP) is 3.94. The lowest BCUT2D eigenvalue weighted by atomic mass is 10.1. The molecule has 1 aromatic heterocycles. The van der Waals surface area contributed by atoms with E-state index in [2.05, 4.69) is 10.3 Å². The zero-order valence-electron chi connectivity index (χ0n) is 16.5. The number of nitrogens with one attached hydrogen (secondary N) is 2. The minimum absolute atomic E-state index is 0.0889. The van der Waals surface area contributed by atoms with E-state index in [1.165, 1.54) is 25.7 Å². The van der Waals surface area contributed by atoms with Gasteiger partial charge in [-0.25, -0.2) is 0 Å². The number of H-pyrrole nitrogens is 1. The summed E-state index contributed by atoms with van der Waals surface area (Å²) in [5, 5.41) is 3.68. The van der Waals surface area contributed by atoms with Crippen LogP contribution in [0.15, 0.2) is 23.0 Å². The fraction of sp³-hybridized carbons (Fsp3) is 0.571. The number of hydrogen-bond acceptors (Lipinski definition) is 4. The molecule has 28 heavy (non-hydrogen) atoms. The van der Waals surface area contributed by atoms with Gasteiger partial charge in [-0.2, -0.15) is 0 Å². The van der Waals surface area contributed by atoms with E-state index in [-0.39, 0.29) is 17.5 Å². The highest BCUT2D eigenvalue weighted by Gasteiger charge is 2.16. The summed E-state index contributed by atoms with van der Waals surface area (Å²) in [4.78, 5) is 28.6. The van der Waals surface area contributed by atoms with Crippen molar-refractivity contribution in [2.24, 2.45) is 0 Å². The topological polar surface area (TPSA) is 76.1 Å². The molecule has 1 aliphatic rings. The first-order valence-corrected chi connectivity index (χ1v) is 10.7. The Kier molecular flexibility index (Phi) is 7.39. The summed E-state index contributed by atoms with van der Waals surface area (Å²) in [6, 6.07) is 5.40. The molecule has 6 nitrogen and oxygen atoms in total. The first-order chi connectivity index (χ1) is 13.6. The van der Waals surface area contributed by atoms with Crippen LogP contribution < -0.4 is 10.9 Å². The van der Waals surface area contributed by atoms with Crippen molar-refractivity contribution >= 4 is 29.0 Å². The van der Waals surface area contributed by atoms with E-state index in [1.807, 2.05) is 6.92 Å². The zero-order chi connectivity index (χ0) is 19.9. The fourth-order valence-electron chi connectivity index (χ4n) is 3.76. The number of benzene rings is 1. The second-order valence-corrected chi connectivity index (χ2v) is 7.75. The van der Waals surface area contributed by atoms with Gasteiger partial charge in [0.25, 0.3) is 11.5 Å². The Labute approximate surface area is 170 Å². The Hall–Kier alpha value is -1.99. The Morgan fingerprint density at radius 3 is 2.75 bits per heavy atom. The highest BCUT2D eigenvalue weighted by molar-refractivity contribution is 7.71. The molecule has 1 fully saturated rings. The monoisotopic (exact) mass is 403 g/mol. The summed E-state index contributed by atoms with van der Waals surface area (Å²) in [6.45, 7) is 3.70. The summed E-state index contributed by atoms with van der Waals surface area (Å²) in [6.07, 6.45) is 7.61.